The average molecular weight is 548 g/mol. The number of aromatic amines is 1. The summed E-state index contributed by atoms with van der Waals surface area (Å²) in [6.07, 6.45) is 2.92. The fraction of sp³-hybridized carbons (Fsp3) is 0. The van der Waals surface area contributed by atoms with E-state index in [4.69, 9.17) is 4.42 Å². The molecule has 0 unspecified atom stereocenters. The lowest BCUT2D eigenvalue weighted by Gasteiger charge is -2.02. The van der Waals surface area contributed by atoms with E-state index >= 15 is 0 Å². The second kappa shape index (κ2) is 7.34. The van der Waals surface area contributed by atoms with Crippen molar-refractivity contribution in [3.63, 3.8) is 0 Å². The van der Waals surface area contributed by atoms with Crippen molar-refractivity contribution in [1.29, 1.82) is 0 Å². The summed E-state index contributed by atoms with van der Waals surface area (Å²) >= 11 is 4.17. The number of halogens is 2. The lowest BCUT2D eigenvalue weighted by molar-refractivity contribution is 0.0950. The maximum Gasteiger partial charge on any atom is 0.291 e. The van der Waals surface area contributed by atoms with Crippen LogP contribution in [0.3, 0.4) is 0 Å². The quantitative estimate of drug-likeness (QED) is 0.265. The van der Waals surface area contributed by atoms with Gasteiger partial charge in [-0.2, -0.15) is 10.2 Å². The second-order valence-corrected chi connectivity index (χ2v) is 7.08. The van der Waals surface area contributed by atoms with E-state index in [-0.39, 0.29) is 11.4 Å². The molecular formula is C15H10I2N4O3. The van der Waals surface area contributed by atoms with Crippen molar-refractivity contribution >= 4 is 57.3 Å². The molecule has 0 fully saturated rings. The Kier molecular flexibility index (Phi) is 5.18. The van der Waals surface area contributed by atoms with E-state index in [1.807, 2.05) is 28.7 Å². The fourth-order valence-electron chi connectivity index (χ4n) is 1.90. The van der Waals surface area contributed by atoms with Crippen molar-refractivity contribution in [3.8, 4) is 17.2 Å². The van der Waals surface area contributed by atoms with E-state index in [2.05, 4.69) is 43.3 Å². The van der Waals surface area contributed by atoms with Gasteiger partial charge in [-0.05, 0) is 69.4 Å². The highest BCUT2D eigenvalue weighted by molar-refractivity contribution is 14.1. The van der Waals surface area contributed by atoms with Crippen LogP contribution in [-0.2, 0) is 0 Å². The number of carbonyl (C=O) groups excluding carboxylic acids is 1. The van der Waals surface area contributed by atoms with Crippen LogP contribution in [0.4, 0.5) is 0 Å². The van der Waals surface area contributed by atoms with E-state index < -0.39 is 5.91 Å². The number of aromatic hydroxyl groups is 1. The normalized spacial score (nSPS) is 11.1. The van der Waals surface area contributed by atoms with E-state index in [1.165, 1.54) is 12.5 Å². The highest BCUT2D eigenvalue weighted by Crippen LogP contribution is 2.25. The number of carbonyl (C=O) groups is 1. The number of phenols is 1. The molecule has 24 heavy (non-hydrogen) atoms. The van der Waals surface area contributed by atoms with Gasteiger partial charge in [0.1, 0.15) is 11.4 Å². The number of furan rings is 1. The lowest BCUT2D eigenvalue weighted by Crippen LogP contribution is -2.18. The van der Waals surface area contributed by atoms with Crippen LogP contribution < -0.4 is 5.43 Å². The summed E-state index contributed by atoms with van der Waals surface area (Å²) in [6.45, 7) is 0. The number of benzene rings is 1. The van der Waals surface area contributed by atoms with Crippen LogP contribution in [0.25, 0.3) is 11.5 Å². The smallest absolute Gasteiger partial charge is 0.291 e. The second-order valence-electron chi connectivity index (χ2n) is 4.67. The number of rotatable bonds is 4. The van der Waals surface area contributed by atoms with E-state index in [0.29, 0.717) is 20.6 Å². The van der Waals surface area contributed by atoms with Gasteiger partial charge in [0.2, 0.25) is 0 Å². The van der Waals surface area contributed by atoms with Crippen molar-refractivity contribution in [1.82, 2.24) is 15.6 Å². The van der Waals surface area contributed by atoms with E-state index in [9.17, 15) is 9.90 Å². The lowest BCUT2D eigenvalue weighted by atomic mass is 10.2. The van der Waals surface area contributed by atoms with Crippen LogP contribution in [0.15, 0.2) is 46.1 Å². The molecule has 9 heteroatoms. The number of amides is 1. The minimum atomic E-state index is -0.472. The van der Waals surface area contributed by atoms with Gasteiger partial charge in [0.25, 0.3) is 5.91 Å². The molecule has 3 rings (SSSR count). The molecule has 0 atom stereocenters. The largest absolute Gasteiger partial charge is 0.506 e. The Morgan fingerprint density at radius 1 is 1.38 bits per heavy atom. The molecule has 7 nitrogen and oxygen atoms in total. The van der Waals surface area contributed by atoms with Gasteiger partial charge in [-0.15, -0.1) is 0 Å². The maximum absolute atomic E-state index is 12.0. The highest BCUT2D eigenvalue weighted by Gasteiger charge is 2.12. The zero-order valence-corrected chi connectivity index (χ0v) is 16.3. The van der Waals surface area contributed by atoms with Crippen LogP contribution in [0.5, 0.6) is 5.75 Å². The minimum absolute atomic E-state index is 0.119. The molecule has 2 aromatic heterocycles. The fourth-order valence-corrected chi connectivity index (χ4v) is 3.79. The van der Waals surface area contributed by atoms with Gasteiger partial charge in [-0.25, -0.2) is 5.43 Å². The average Bonchev–Trinajstić information content (AvgIpc) is 3.22. The molecule has 0 bridgehead atoms. The third-order valence-electron chi connectivity index (χ3n) is 3.02. The van der Waals surface area contributed by atoms with Crippen molar-refractivity contribution in [2.75, 3.05) is 0 Å². The Balaban J connectivity index is 1.70. The van der Waals surface area contributed by atoms with Crippen molar-refractivity contribution < 1.29 is 14.3 Å². The van der Waals surface area contributed by atoms with Gasteiger partial charge in [0, 0.05) is 15.2 Å². The molecule has 0 aliphatic rings. The number of aromatic nitrogens is 2. The van der Waals surface area contributed by atoms with Crippen LogP contribution in [0.1, 0.15) is 16.1 Å². The topological polar surface area (TPSA) is 104 Å². The Bertz CT molecular complexity index is 904. The maximum atomic E-state index is 12.0. The number of hydrazone groups is 1. The van der Waals surface area contributed by atoms with Crippen LogP contribution in [-0.4, -0.2) is 27.4 Å². The molecule has 3 N–H and O–H groups in total. The van der Waals surface area contributed by atoms with Crippen molar-refractivity contribution in [2.24, 2.45) is 5.10 Å². The van der Waals surface area contributed by atoms with Gasteiger partial charge < -0.3 is 9.52 Å². The molecule has 2 heterocycles. The summed E-state index contributed by atoms with van der Waals surface area (Å²) in [7, 11) is 0. The molecule has 1 amide bonds. The Morgan fingerprint density at radius 3 is 2.96 bits per heavy atom. The van der Waals surface area contributed by atoms with Crippen molar-refractivity contribution in [2.45, 2.75) is 0 Å². The predicted octanol–water partition coefficient (Wildman–Crippen LogP) is 3.35. The number of hydrogen-bond donors (Lipinski definition) is 3. The Hall–Kier alpha value is -1.89. The first kappa shape index (κ1) is 17.0. The van der Waals surface area contributed by atoms with Gasteiger partial charge in [0.05, 0.1) is 16.0 Å². The first-order valence-electron chi connectivity index (χ1n) is 6.65. The molecule has 0 saturated heterocycles. The molecule has 0 aliphatic carbocycles. The van der Waals surface area contributed by atoms with Crippen LogP contribution >= 0.6 is 45.2 Å². The number of H-pyrrole nitrogens is 1. The number of nitrogens with one attached hydrogen (secondary N) is 2. The van der Waals surface area contributed by atoms with E-state index in [1.54, 1.807) is 24.3 Å². The third kappa shape index (κ3) is 3.77. The molecule has 0 saturated carbocycles. The molecule has 0 aliphatic heterocycles. The van der Waals surface area contributed by atoms with Gasteiger partial charge in [-0.3, -0.25) is 9.89 Å². The summed E-state index contributed by atoms with van der Waals surface area (Å²) in [4.78, 5) is 12.0. The monoisotopic (exact) mass is 548 g/mol. The van der Waals surface area contributed by atoms with Gasteiger partial charge >= 0.3 is 0 Å². The summed E-state index contributed by atoms with van der Waals surface area (Å²) in [5, 5.41) is 20.5. The standard InChI is InChI=1S/C15H10I2N4O3/c16-9-4-8(14(22)10(17)5-9)7-18-21-15(23)12-6-11(19-20-12)13-2-1-3-24-13/h1-7,22H,(H,19,20)(H,21,23)/b18-7+. The summed E-state index contributed by atoms with van der Waals surface area (Å²) < 4.78 is 6.89. The molecule has 0 radical (unpaired) electrons. The molecule has 3 aromatic rings. The first-order valence-corrected chi connectivity index (χ1v) is 8.81. The van der Waals surface area contributed by atoms with Gasteiger partial charge in [-0.1, -0.05) is 0 Å². The summed E-state index contributed by atoms with van der Waals surface area (Å²) in [5.74, 6) is 0.234. The number of phenolic OH excluding ortho intramolecular Hbond substituents is 1. The van der Waals surface area contributed by atoms with Crippen LogP contribution in [0, 0.1) is 7.14 Å². The zero-order chi connectivity index (χ0) is 17.1. The SMILES string of the molecule is O=C(N/N=C/c1cc(I)cc(I)c1O)c1cc(-c2ccco2)[nH]n1. The zero-order valence-electron chi connectivity index (χ0n) is 12.0. The summed E-state index contributed by atoms with van der Waals surface area (Å²) in [5.41, 5.74) is 3.67. The Morgan fingerprint density at radius 2 is 2.21 bits per heavy atom. The molecule has 122 valence electrons. The van der Waals surface area contributed by atoms with Crippen molar-refractivity contribution in [3.05, 3.63) is 55.0 Å². The highest BCUT2D eigenvalue weighted by atomic mass is 127. The minimum Gasteiger partial charge on any atom is -0.506 e. The predicted molar refractivity (Wildman–Crippen MR) is 105 cm³/mol. The first-order chi connectivity index (χ1) is 11.5. The molecule has 0 spiro atoms. The number of nitrogens with zero attached hydrogens (tertiary/aromatic N) is 2. The van der Waals surface area contributed by atoms with Gasteiger partial charge in [0.15, 0.2) is 11.5 Å². The van der Waals surface area contributed by atoms with Crippen LogP contribution in [0.2, 0.25) is 0 Å². The molecular weight excluding hydrogens is 538 g/mol. The Labute approximate surface area is 163 Å². The number of hydrogen-bond acceptors (Lipinski definition) is 5. The van der Waals surface area contributed by atoms with E-state index in [0.717, 1.165) is 3.57 Å². The third-order valence-corrected chi connectivity index (χ3v) is 4.47. The molecule has 1 aromatic carbocycles. The summed E-state index contributed by atoms with van der Waals surface area (Å²) in [6, 6.07) is 8.67.